The number of anilines is 1. The van der Waals surface area contributed by atoms with E-state index < -0.39 is 5.82 Å². The summed E-state index contributed by atoms with van der Waals surface area (Å²) in [4.78, 5) is 3.71. The van der Waals surface area contributed by atoms with Crippen molar-refractivity contribution in [3.05, 3.63) is 45.3 Å². The Kier molecular flexibility index (Phi) is 3.43. The molecule has 0 radical (unpaired) electrons. The summed E-state index contributed by atoms with van der Waals surface area (Å²) in [5.74, 6) is -0.792. The van der Waals surface area contributed by atoms with Gasteiger partial charge in [0, 0.05) is 22.3 Å². The maximum Gasteiger partial charge on any atom is 0.165 e. The molecule has 0 bridgehead atoms. The van der Waals surface area contributed by atoms with Crippen molar-refractivity contribution in [2.45, 2.75) is 0 Å². The van der Waals surface area contributed by atoms with Gasteiger partial charge in [-0.25, -0.2) is 9.37 Å². The molecule has 0 aliphatic rings. The molecular weight excluding hydrogens is 285 g/mol. The van der Waals surface area contributed by atoms with Gasteiger partial charge in [-0.2, -0.15) is 0 Å². The van der Waals surface area contributed by atoms with Crippen molar-refractivity contribution in [3.8, 4) is 11.1 Å². The Morgan fingerprint density at radius 1 is 1.06 bits per heavy atom. The van der Waals surface area contributed by atoms with Crippen LogP contribution < -0.4 is 5.73 Å². The molecule has 1 heterocycles. The van der Waals surface area contributed by atoms with E-state index in [1.807, 2.05) is 0 Å². The highest BCUT2D eigenvalue weighted by Gasteiger charge is 2.12. The van der Waals surface area contributed by atoms with Crippen molar-refractivity contribution in [3.63, 3.8) is 0 Å². The van der Waals surface area contributed by atoms with Gasteiger partial charge in [-0.3, -0.25) is 0 Å². The molecule has 1 aromatic heterocycles. The van der Waals surface area contributed by atoms with Gasteiger partial charge in [-0.05, 0) is 18.2 Å². The van der Waals surface area contributed by atoms with E-state index in [0.717, 1.165) is 0 Å². The number of pyridine rings is 1. The third kappa shape index (κ3) is 2.46. The second-order valence-electron chi connectivity index (χ2n) is 3.34. The molecule has 0 amide bonds. The second-order valence-corrected chi connectivity index (χ2v) is 4.59. The average molecular weight is 292 g/mol. The molecule has 2 N–H and O–H groups in total. The van der Waals surface area contributed by atoms with Crippen molar-refractivity contribution in [2.75, 3.05) is 5.73 Å². The molecule has 6 heteroatoms. The van der Waals surface area contributed by atoms with Gasteiger partial charge in [0.25, 0.3) is 0 Å². The maximum absolute atomic E-state index is 13.3. The quantitative estimate of drug-likeness (QED) is 0.844. The normalized spacial score (nSPS) is 10.6. The van der Waals surface area contributed by atoms with Gasteiger partial charge in [0.1, 0.15) is 0 Å². The van der Waals surface area contributed by atoms with Gasteiger partial charge in [-0.15, -0.1) is 0 Å². The van der Waals surface area contributed by atoms with E-state index in [0.29, 0.717) is 26.2 Å². The summed E-state index contributed by atoms with van der Waals surface area (Å²) in [5, 5.41) is 1.06. The van der Waals surface area contributed by atoms with Crippen LogP contribution >= 0.6 is 34.8 Å². The molecule has 0 spiro atoms. The van der Waals surface area contributed by atoms with Crippen LogP contribution in [0.25, 0.3) is 11.1 Å². The fraction of sp³-hybridized carbons (Fsp3) is 0. The van der Waals surface area contributed by atoms with Crippen molar-refractivity contribution in [2.24, 2.45) is 0 Å². The van der Waals surface area contributed by atoms with Crippen LogP contribution in [-0.4, -0.2) is 4.98 Å². The summed E-state index contributed by atoms with van der Waals surface area (Å²) >= 11 is 17.8. The Balaban J connectivity index is 2.64. The lowest BCUT2D eigenvalue weighted by Crippen LogP contribution is -1.95. The zero-order valence-corrected chi connectivity index (χ0v) is 10.6. The van der Waals surface area contributed by atoms with E-state index in [1.54, 1.807) is 0 Å². The van der Waals surface area contributed by atoms with Crippen molar-refractivity contribution in [1.82, 2.24) is 4.98 Å². The topological polar surface area (TPSA) is 38.9 Å². The van der Waals surface area contributed by atoms with Gasteiger partial charge in [-0.1, -0.05) is 34.8 Å². The summed E-state index contributed by atoms with van der Waals surface area (Å²) in [6, 6.07) is 4.28. The molecule has 0 unspecified atom stereocenters. The van der Waals surface area contributed by atoms with Crippen LogP contribution in [-0.2, 0) is 0 Å². The minimum Gasteiger partial charge on any atom is -0.381 e. The number of hydrogen-bond donors (Lipinski definition) is 1. The summed E-state index contributed by atoms with van der Waals surface area (Å²) in [6.07, 6.45) is 1.40. The zero-order valence-electron chi connectivity index (χ0n) is 8.35. The third-order valence-electron chi connectivity index (χ3n) is 2.17. The molecule has 1 aromatic carbocycles. The monoisotopic (exact) mass is 290 g/mol. The first-order chi connectivity index (χ1) is 7.99. The standard InChI is InChI=1S/C11H6Cl3FN2/c12-6-2-7(13)10(8(14)3-6)5-1-9(15)11(16)17-4-5/h1-4H,(H2,16,17). The van der Waals surface area contributed by atoms with Crippen LogP contribution in [0.5, 0.6) is 0 Å². The lowest BCUT2D eigenvalue weighted by atomic mass is 10.1. The van der Waals surface area contributed by atoms with Crippen LogP contribution in [0, 0.1) is 5.82 Å². The Morgan fingerprint density at radius 3 is 2.18 bits per heavy atom. The van der Waals surface area contributed by atoms with Crippen molar-refractivity contribution < 1.29 is 4.39 Å². The highest BCUT2D eigenvalue weighted by Crippen LogP contribution is 2.37. The van der Waals surface area contributed by atoms with E-state index in [9.17, 15) is 4.39 Å². The first-order valence-corrected chi connectivity index (χ1v) is 5.68. The van der Waals surface area contributed by atoms with Gasteiger partial charge in [0.15, 0.2) is 11.6 Å². The smallest absolute Gasteiger partial charge is 0.165 e. The minimum absolute atomic E-state index is 0.171. The maximum atomic E-state index is 13.3. The SMILES string of the molecule is Nc1ncc(-c2c(Cl)cc(Cl)cc2Cl)cc1F. The van der Waals surface area contributed by atoms with Crippen LogP contribution in [0.15, 0.2) is 24.4 Å². The fourth-order valence-electron chi connectivity index (χ4n) is 1.40. The van der Waals surface area contributed by atoms with Gasteiger partial charge >= 0.3 is 0 Å². The van der Waals surface area contributed by atoms with Crippen LogP contribution in [0.1, 0.15) is 0 Å². The molecule has 0 saturated heterocycles. The number of nitrogens with zero attached hydrogens (tertiary/aromatic N) is 1. The third-order valence-corrected chi connectivity index (χ3v) is 2.98. The summed E-state index contributed by atoms with van der Waals surface area (Å²) in [6.45, 7) is 0. The van der Waals surface area contributed by atoms with Gasteiger partial charge in [0.2, 0.25) is 0 Å². The Labute approximate surface area is 112 Å². The van der Waals surface area contributed by atoms with Gasteiger partial charge in [0.05, 0.1) is 10.0 Å². The average Bonchev–Trinajstić information content (AvgIpc) is 2.21. The second kappa shape index (κ2) is 4.69. The summed E-state index contributed by atoms with van der Waals surface area (Å²) in [7, 11) is 0. The van der Waals surface area contributed by atoms with Crippen LogP contribution in [0.3, 0.4) is 0 Å². The number of benzene rings is 1. The molecule has 0 atom stereocenters. The molecule has 2 rings (SSSR count). The molecule has 17 heavy (non-hydrogen) atoms. The number of rotatable bonds is 1. The first-order valence-electron chi connectivity index (χ1n) is 4.55. The zero-order chi connectivity index (χ0) is 12.6. The number of hydrogen-bond acceptors (Lipinski definition) is 2. The molecule has 88 valence electrons. The lowest BCUT2D eigenvalue weighted by molar-refractivity contribution is 0.628. The molecule has 0 saturated carbocycles. The number of nitrogen functional groups attached to an aromatic ring is 1. The predicted octanol–water partition coefficient (Wildman–Crippen LogP) is 4.43. The molecule has 0 aliphatic heterocycles. The van der Waals surface area contributed by atoms with Gasteiger partial charge < -0.3 is 5.73 Å². The Morgan fingerprint density at radius 2 is 1.65 bits per heavy atom. The first kappa shape index (κ1) is 12.4. The predicted molar refractivity (Wildman–Crippen MR) is 69.1 cm³/mol. The van der Waals surface area contributed by atoms with Crippen molar-refractivity contribution >= 4 is 40.6 Å². The number of aromatic nitrogens is 1. The summed E-state index contributed by atoms with van der Waals surface area (Å²) in [5.41, 5.74) is 6.22. The van der Waals surface area contributed by atoms with E-state index in [-0.39, 0.29) is 5.82 Å². The Hall–Kier alpha value is -1.03. The molecule has 0 fully saturated rings. The van der Waals surface area contributed by atoms with Crippen LogP contribution in [0.2, 0.25) is 15.1 Å². The van der Waals surface area contributed by atoms with Crippen molar-refractivity contribution in [1.29, 1.82) is 0 Å². The molecular formula is C11H6Cl3FN2. The largest absolute Gasteiger partial charge is 0.381 e. The molecule has 0 aliphatic carbocycles. The van der Waals surface area contributed by atoms with Crippen LogP contribution in [0.4, 0.5) is 10.2 Å². The van der Waals surface area contributed by atoms with E-state index >= 15 is 0 Å². The highest BCUT2D eigenvalue weighted by atomic mass is 35.5. The number of halogens is 4. The van der Waals surface area contributed by atoms with E-state index in [4.69, 9.17) is 40.5 Å². The lowest BCUT2D eigenvalue weighted by Gasteiger charge is -2.08. The highest BCUT2D eigenvalue weighted by molar-refractivity contribution is 6.41. The van der Waals surface area contributed by atoms with E-state index in [1.165, 1.54) is 24.4 Å². The molecule has 2 nitrogen and oxygen atoms in total. The molecule has 2 aromatic rings. The minimum atomic E-state index is -0.621. The van der Waals surface area contributed by atoms with E-state index in [2.05, 4.69) is 4.98 Å². The fourth-order valence-corrected chi connectivity index (χ4v) is 2.44. The Bertz CT molecular complexity index is 564. The summed E-state index contributed by atoms with van der Waals surface area (Å²) < 4.78 is 13.3. The number of nitrogens with two attached hydrogens (primary N) is 1.